The minimum absolute atomic E-state index is 0.0719. The molecule has 0 fully saturated rings. The normalized spacial score (nSPS) is 11.6. The van der Waals surface area contributed by atoms with E-state index in [-0.39, 0.29) is 11.2 Å². The first kappa shape index (κ1) is 16.2. The van der Waals surface area contributed by atoms with Crippen LogP contribution < -0.4 is 14.8 Å². The molecule has 0 saturated carbocycles. The number of methoxy groups -OCH3 is 2. The van der Waals surface area contributed by atoms with Gasteiger partial charge in [0.25, 0.3) is 0 Å². The number of nitrogens with one attached hydrogen (secondary N) is 1. The molecule has 2 rings (SSSR count). The van der Waals surface area contributed by atoms with E-state index in [1.54, 1.807) is 32.4 Å². The second kappa shape index (κ2) is 7.75. The Morgan fingerprint density at radius 2 is 1.82 bits per heavy atom. The zero-order chi connectivity index (χ0) is 15.9. The highest BCUT2D eigenvalue weighted by atomic mass is 32.2. The minimum Gasteiger partial charge on any atom is -0.497 e. The van der Waals surface area contributed by atoms with Crippen molar-refractivity contribution < 1.29 is 14.3 Å². The lowest BCUT2D eigenvalue weighted by Crippen LogP contribution is -2.22. The molecule has 0 aromatic heterocycles. The van der Waals surface area contributed by atoms with E-state index in [0.717, 1.165) is 4.90 Å². The number of anilines is 1. The van der Waals surface area contributed by atoms with Gasteiger partial charge in [0.2, 0.25) is 5.91 Å². The predicted molar refractivity (Wildman–Crippen MR) is 89.9 cm³/mol. The van der Waals surface area contributed by atoms with E-state index >= 15 is 0 Å². The van der Waals surface area contributed by atoms with Gasteiger partial charge < -0.3 is 14.8 Å². The highest BCUT2D eigenvalue weighted by molar-refractivity contribution is 8.00. The van der Waals surface area contributed by atoms with Crippen molar-refractivity contribution in [2.75, 3.05) is 19.5 Å². The summed E-state index contributed by atoms with van der Waals surface area (Å²) in [7, 11) is 3.15. The Bertz CT molecular complexity index is 631. The number of thioether (sulfide) groups is 1. The summed E-state index contributed by atoms with van der Waals surface area (Å²) < 4.78 is 10.4. The van der Waals surface area contributed by atoms with Crippen LogP contribution in [0.2, 0.25) is 0 Å². The number of hydrogen-bond acceptors (Lipinski definition) is 4. The van der Waals surface area contributed by atoms with E-state index in [2.05, 4.69) is 5.32 Å². The summed E-state index contributed by atoms with van der Waals surface area (Å²) in [6, 6.07) is 15.1. The van der Waals surface area contributed by atoms with Gasteiger partial charge in [-0.05, 0) is 31.2 Å². The zero-order valence-corrected chi connectivity index (χ0v) is 13.6. The Morgan fingerprint density at radius 3 is 2.45 bits per heavy atom. The molecule has 0 spiro atoms. The van der Waals surface area contributed by atoms with Crippen LogP contribution in [0.5, 0.6) is 11.5 Å². The van der Waals surface area contributed by atoms with Gasteiger partial charge in [-0.3, -0.25) is 4.79 Å². The lowest BCUT2D eigenvalue weighted by Gasteiger charge is -2.15. The van der Waals surface area contributed by atoms with Crippen LogP contribution in [0.4, 0.5) is 5.69 Å². The molecule has 0 saturated heterocycles. The Hall–Kier alpha value is -2.14. The molecule has 22 heavy (non-hydrogen) atoms. The van der Waals surface area contributed by atoms with E-state index in [1.807, 2.05) is 37.3 Å². The van der Waals surface area contributed by atoms with E-state index < -0.39 is 0 Å². The molecule has 0 heterocycles. The van der Waals surface area contributed by atoms with Gasteiger partial charge in [-0.1, -0.05) is 18.2 Å². The average Bonchev–Trinajstić information content (AvgIpc) is 2.56. The van der Waals surface area contributed by atoms with Crippen LogP contribution in [0.1, 0.15) is 6.92 Å². The zero-order valence-electron chi connectivity index (χ0n) is 12.8. The van der Waals surface area contributed by atoms with Crippen LogP contribution in [0.15, 0.2) is 53.4 Å². The highest BCUT2D eigenvalue weighted by Crippen LogP contribution is 2.30. The van der Waals surface area contributed by atoms with Crippen molar-refractivity contribution in [3.8, 4) is 11.5 Å². The molecule has 0 aliphatic rings. The molecule has 1 atom stereocenters. The van der Waals surface area contributed by atoms with Crippen molar-refractivity contribution in [1.82, 2.24) is 0 Å². The Morgan fingerprint density at radius 1 is 1.09 bits per heavy atom. The van der Waals surface area contributed by atoms with Crippen molar-refractivity contribution in [2.24, 2.45) is 0 Å². The summed E-state index contributed by atoms with van der Waals surface area (Å²) in [6.07, 6.45) is 0. The minimum atomic E-state index is -0.214. The lowest BCUT2D eigenvalue weighted by molar-refractivity contribution is -0.115. The number of hydrogen-bond donors (Lipinski definition) is 1. The van der Waals surface area contributed by atoms with Gasteiger partial charge in [-0.15, -0.1) is 11.8 Å². The Balaban J connectivity index is 2.05. The van der Waals surface area contributed by atoms with Gasteiger partial charge in [-0.25, -0.2) is 0 Å². The number of ether oxygens (including phenoxy) is 2. The van der Waals surface area contributed by atoms with E-state index in [1.165, 1.54) is 11.8 Å². The summed E-state index contributed by atoms with van der Waals surface area (Å²) in [5.41, 5.74) is 0.633. The molecule has 0 bridgehead atoms. The molecule has 2 aromatic carbocycles. The third-order valence-corrected chi connectivity index (χ3v) is 4.20. The molecule has 2 aromatic rings. The van der Waals surface area contributed by atoms with Crippen LogP contribution in [0.25, 0.3) is 0 Å². The summed E-state index contributed by atoms with van der Waals surface area (Å²) in [5, 5.41) is 2.68. The molecule has 4 nitrogen and oxygen atoms in total. The second-order valence-electron chi connectivity index (χ2n) is 4.63. The maximum absolute atomic E-state index is 12.3. The number of carbonyl (C=O) groups is 1. The molecular weight excluding hydrogens is 298 g/mol. The SMILES string of the molecule is COc1ccc(NC(=O)[C@H](C)Sc2ccccc2)c(OC)c1. The number of amides is 1. The largest absolute Gasteiger partial charge is 0.497 e. The van der Waals surface area contributed by atoms with Gasteiger partial charge >= 0.3 is 0 Å². The molecule has 116 valence electrons. The molecule has 0 radical (unpaired) electrons. The van der Waals surface area contributed by atoms with Crippen molar-refractivity contribution >= 4 is 23.4 Å². The van der Waals surface area contributed by atoms with E-state index in [9.17, 15) is 4.79 Å². The number of benzene rings is 2. The van der Waals surface area contributed by atoms with Crippen molar-refractivity contribution in [2.45, 2.75) is 17.1 Å². The second-order valence-corrected chi connectivity index (χ2v) is 6.04. The predicted octanol–water partition coefficient (Wildman–Crippen LogP) is 3.82. The monoisotopic (exact) mass is 317 g/mol. The molecule has 0 aliphatic heterocycles. The quantitative estimate of drug-likeness (QED) is 0.823. The van der Waals surface area contributed by atoms with Crippen LogP contribution in [0.3, 0.4) is 0 Å². The summed E-state index contributed by atoms with van der Waals surface area (Å²) in [4.78, 5) is 13.4. The van der Waals surface area contributed by atoms with Gasteiger partial charge in [0.1, 0.15) is 11.5 Å². The molecule has 1 amide bonds. The smallest absolute Gasteiger partial charge is 0.237 e. The van der Waals surface area contributed by atoms with Crippen molar-refractivity contribution in [3.63, 3.8) is 0 Å². The fourth-order valence-electron chi connectivity index (χ4n) is 1.89. The van der Waals surface area contributed by atoms with E-state index in [4.69, 9.17) is 9.47 Å². The maximum Gasteiger partial charge on any atom is 0.237 e. The standard InChI is InChI=1S/C17H19NO3S/c1-12(22-14-7-5-4-6-8-14)17(19)18-15-10-9-13(20-2)11-16(15)21-3/h4-12H,1-3H3,(H,18,19)/t12-/m0/s1. The first-order valence-electron chi connectivity index (χ1n) is 6.88. The summed E-state index contributed by atoms with van der Waals surface area (Å²) >= 11 is 1.51. The topological polar surface area (TPSA) is 47.6 Å². The molecule has 1 N–H and O–H groups in total. The van der Waals surface area contributed by atoms with Crippen LogP contribution in [-0.2, 0) is 4.79 Å². The summed E-state index contributed by atoms with van der Waals surface area (Å²) in [6.45, 7) is 1.88. The molecule has 5 heteroatoms. The fraction of sp³-hybridized carbons (Fsp3) is 0.235. The van der Waals surface area contributed by atoms with Gasteiger partial charge in [0.05, 0.1) is 25.2 Å². The highest BCUT2D eigenvalue weighted by Gasteiger charge is 2.16. The third kappa shape index (κ3) is 4.18. The van der Waals surface area contributed by atoms with Crippen LogP contribution in [-0.4, -0.2) is 25.4 Å². The van der Waals surface area contributed by atoms with E-state index in [0.29, 0.717) is 17.2 Å². The third-order valence-electron chi connectivity index (χ3n) is 3.09. The Labute approximate surface area is 134 Å². The number of carbonyl (C=O) groups excluding carboxylic acids is 1. The molecular formula is C17H19NO3S. The van der Waals surface area contributed by atoms with Gasteiger partial charge in [0, 0.05) is 11.0 Å². The van der Waals surface area contributed by atoms with Gasteiger partial charge in [0.15, 0.2) is 0 Å². The summed E-state index contributed by atoms with van der Waals surface area (Å²) in [5.74, 6) is 1.18. The number of rotatable bonds is 6. The van der Waals surface area contributed by atoms with Crippen molar-refractivity contribution in [1.29, 1.82) is 0 Å². The molecule has 0 unspecified atom stereocenters. The van der Waals surface area contributed by atoms with Crippen LogP contribution in [0, 0.1) is 0 Å². The fourth-order valence-corrected chi connectivity index (χ4v) is 2.78. The lowest BCUT2D eigenvalue weighted by atomic mass is 10.2. The maximum atomic E-state index is 12.3. The first-order valence-corrected chi connectivity index (χ1v) is 7.76. The molecule has 0 aliphatic carbocycles. The van der Waals surface area contributed by atoms with Crippen molar-refractivity contribution in [3.05, 3.63) is 48.5 Å². The van der Waals surface area contributed by atoms with Crippen LogP contribution >= 0.6 is 11.8 Å². The average molecular weight is 317 g/mol. The Kier molecular flexibility index (Phi) is 5.72. The first-order chi connectivity index (χ1) is 10.6. The van der Waals surface area contributed by atoms with Gasteiger partial charge in [-0.2, -0.15) is 0 Å².